The zero-order chi connectivity index (χ0) is 15.5. The molecule has 0 aliphatic carbocycles. The highest BCUT2D eigenvalue weighted by Crippen LogP contribution is 2.35. The fourth-order valence-electron chi connectivity index (χ4n) is 1.95. The lowest BCUT2D eigenvalue weighted by Gasteiger charge is -2.14. The summed E-state index contributed by atoms with van der Waals surface area (Å²) in [6.07, 6.45) is 6.79. The number of benzene rings is 1. The van der Waals surface area contributed by atoms with Gasteiger partial charge < -0.3 is 9.52 Å². The van der Waals surface area contributed by atoms with Crippen LogP contribution < -0.4 is 4.90 Å². The van der Waals surface area contributed by atoms with Gasteiger partial charge in [-0.15, -0.1) is 0 Å². The molecule has 1 fully saturated rings. The molecule has 2 heterocycles. The Morgan fingerprint density at radius 3 is 2.86 bits per heavy atom. The number of thiocarbonyl (C=S) groups is 1. The second kappa shape index (κ2) is 6.21. The van der Waals surface area contributed by atoms with Crippen molar-refractivity contribution in [1.82, 2.24) is 0 Å². The van der Waals surface area contributed by atoms with Gasteiger partial charge in [0.05, 0.1) is 16.9 Å². The lowest BCUT2D eigenvalue weighted by molar-refractivity contribution is -0.113. The molecule has 0 spiro atoms. The van der Waals surface area contributed by atoms with Crippen LogP contribution in [0, 0.1) is 0 Å². The van der Waals surface area contributed by atoms with Crippen molar-refractivity contribution < 1.29 is 14.3 Å². The summed E-state index contributed by atoms with van der Waals surface area (Å²) in [5, 5.41) is 9.53. The first-order valence-electron chi connectivity index (χ1n) is 6.42. The summed E-state index contributed by atoms with van der Waals surface area (Å²) in [7, 11) is 0. The van der Waals surface area contributed by atoms with Crippen molar-refractivity contribution in [2.75, 3.05) is 4.90 Å². The van der Waals surface area contributed by atoms with Gasteiger partial charge in [0.2, 0.25) is 0 Å². The van der Waals surface area contributed by atoms with Gasteiger partial charge in [-0.1, -0.05) is 36.1 Å². The maximum absolute atomic E-state index is 12.4. The monoisotopic (exact) mass is 329 g/mol. The average molecular weight is 329 g/mol. The van der Waals surface area contributed by atoms with Gasteiger partial charge in [0, 0.05) is 6.07 Å². The number of thioether (sulfide) groups is 1. The van der Waals surface area contributed by atoms with Crippen molar-refractivity contribution >= 4 is 46.0 Å². The van der Waals surface area contributed by atoms with Gasteiger partial charge in [-0.25, -0.2) is 0 Å². The molecule has 6 heteroatoms. The standard InChI is InChI=1S/C16H11NO3S2/c18-12-5-1-4-11(10-12)17-15(19)14(22-16(17)21)8-2-6-13-7-3-9-20-13/h1-10,18H/b6-2+,14-8-. The lowest BCUT2D eigenvalue weighted by Crippen LogP contribution is -2.27. The highest BCUT2D eigenvalue weighted by molar-refractivity contribution is 8.27. The van der Waals surface area contributed by atoms with Gasteiger partial charge in [0.15, 0.2) is 4.32 Å². The van der Waals surface area contributed by atoms with Crippen molar-refractivity contribution in [2.45, 2.75) is 0 Å². The van der Waals surface area contributed by atoms with Gasteiger partial charge in [-0.2, -0.15) is 0 Å². The summed E-state index contributed by atoms with van der Waals surface area (Å²) in [5.41, 5.74) is 0.556. The molecule has 1 amide bonds. The minimum Gasteiger partial charge on any atom is -0.508 e. The van der Waals surface area contributed by atoms with E-state index in [9.17, 15) is 9.90 Å². The van der Waals surface area contributed by atoms with Crippen LogP contribution in [0.1, 0.15) is 5.76 Å². The maximum Gasteiger partial charge on any atom is 0.270 e. The Hall–Kier alpha value is -2.31. The molecule has 1 aromatic carbocycles. The summed E-state index contributed by atoms with van der Waals surface area (Å²) < 4.78 is 5.62. The van der Waals surface area contributed by atoms with E-state index in [1.165, 1.54) is 22.7 Å². The summed E-state index contributed by atoms with van der Waals surface area (Å²) in [5.74, 6) is 0.595. The first-order valence-corrected chi connectivity index (χ1v) is 7.65. The Labute approximate surface area is 136 Å². The third-order valence-electron chi connectivity index (χ3n) is 2.93. The SMILES string of the molecule is O=C1/C(=C/C=C/c2ccco2)SC(=S)N1c1cccc(O)c1. The molecule has 0 radical (unpaired) electrons. The molecule has 3 rings (SSSR count). The predicted molar refractivity (Wildman–Crippen MR) is 91.6 cm³/mol. The number of nitrogens with zero attached hydrogens (tertiary/aromatic N) is 1. The molecule has 1 aromatic heterocycles. The van der Waals surface area contributed by atoms with E-state index in [1.54, 1.807) is 48.8 Å². The molecular weight excluding hydrogens is 318 g/mol. The molecule has 110 valence electrons. The number of amides is 1. The van der Waals surface area contributed by atoms with Crippen LogP contribution in [0.15, 0.2) is 64.1 Å². The van der Waals surface area contributed by atoms with Gasteiger partial charge in [-0.05, 0) is 36.4 Å². The minimum atomic E-state index is -0.204. The number of aromatic hydroxyl groups is 1. The predicted octanol–water partition coefficient (Wildman–Crippen LogP) is 3.95. The second-order valence-electron chi connectivity index (χ2n) is 4.43. The van der Waals surface area contributed by atoms with Crippen molar-refractivity contribution in [3.05, 3.63) is 65.5 Å². The Bertz CT molecular complexity index is 778. The summed E-state index contributed by atoms with van der Waals surface area (Å²) >= 11 is 6.48. The molecule has 2 aromatic rings. The van der Waals surface area contributed by atoms with Crippen LogP contribution in [0.3, 0.4) is 0 Å². The molecule has 1 N–H and O–H groups in total. The van der Waals surface area contributed by atoms with Gasteiger partial charge in [0.25, 0.3) is 5.91 Å². The van der Waals surface area contributed by atoms with E-state index >= 15 is 0 Å². The summed E-state index contributed by atoms with van der Waals surface area (Å²) in [6, 6.07) is 10.1. The minimum absolute atomic E-state index is 0.0910. The fourth-order valence-corrected chi connectivity index (χ4v) is 3.20. The van der Waals surface area contributed by atoms with Crippen molar-refractivity contribution in [1.29, 1.82) is 0 Å². The summed E-state index contributed by atoms with van der Waals surface area (Å²) in [6.45, 7) is 0. The topological polar surface area (TPSA) is 53.7 Å². The maximum atomic E-state index is 12.4. The van der Waals surface area contributed by atoms with Crippen molar-refractivity contribution in [2.24, 2.45) is 0 Å². The Morgan fingerprint density at radius 1 is 1.27 bits per heavy atom. The highest BCUT2D eigenvalue weighted by atomic mass is 32.2. The third kappa shape index (κ3) is 2.98. The van der Waals surface area contributed by atoms with E-state index in [2.05, 4.69) is 0 Å². The van der Waals surface area contributed by atoms with Crippen LogP contribution in [0.4, 0.5) is 5.69 Å². The van der Waals surface area contributed by atoms with E-state index in [0.29, 0.717) is 20.7 Å². The van der Waals surface area contributed by atoms with Gasteiger partial charge in [0.1, 0.15) is 11.5 Å². The average Bonchev–Trinajstić information content (AvgIpc) is 3.08. The molecule has 0 saturated carbocycles. The number of phenolic OH excluding ortho intramolecular Hbond substituents is 1. The van der Waals surface area contributed by atoms with Crippen LogP contribution in [-0.2, 0) is 4.79 Å². The first-order chi connectivity index (χ1) is 10.6. The molecule has 0 unspecified atom stereocenters. The number of phenols is 1. The molecule has 0 bridgehead atoms. The zero-order valence-corrected chi connectivity index (χ0v) is 12.9. The van der Waals surface area contributed by atoms with Crippen LogP contribution in [-0.4, -0.2) is 15.3 Å². The quantitative estimate of drug-likeness (QED) is 0.682. The number of hydrogen-bond donors (Lipinski definition) is 1. The largest absolute Gasteiger partial charge is 0.508 e. The normalized spacial score (nSPS) is 17.1. The Balaban J connectivity index is 1.82. The van der Waals surface area contributed by atoms with Crippen LogP contribution in [0.2, 0.25) is 0 Å². The zero-order valence-electron chi connectivity index (χ0n) is 11.3. The van der Waals surface area contributed by atoms with Crippen molar-refractivity contribution in [3.63, 3.8) is 0 Å². The van der Waals surface area contributed by atoms with E-state index in [4.69, 9.17) is 16.6 Å². The second-order valence-corrected chi connectivity index (χ2v) is 6.11. The number of carbonyl (C=O) groups excluding carboxylic acids is 1. The van der Waals surface area contributed by atoms with Crippen molar-refractivity contribution in [3.8, 4) is 5.75 Å². The number of rotatable bonds is 3. The van der Waals surface area contributed by atoms with E-state index in [0.717, 1.165) is 0 Å². The van der Waals surface area contributed by atoms with Gasteiger partial charge in [-0.3, -0.25) is 9.69 Å². The van der Waals surface area contributed by atoms with E-state index in [1.807, 2.05) is 6.07 Å². The fraction of sp³-hybridized carbons (Fsp3) is 0. The highest BCUT2D eigenvalue weighted by Gasteiger charge is 2.32. The first kappa shape index (κ1) is 14.6. The lowest BCUT2D eigenvalue weighted by atomic mass is 10.2. The Morgan fingerprint density at radius 2 is 2.14 bits per heavy atom. The van der Waals surface area contributed by atoms with E-state index < -0.39 is 0 Å². The molecule has 1 aliphatic rings. The molecular formula is C16H11NO3S2. The molecule has 0 atom stereocenters. The smallest absolute Gasteiger partial charge is 0.270 e. The number of carbonyl (C=O) groups is 1. The Kier molecular flexibility index (Phi) is 4.13. The van der Waals surface area contributed by atoms with Crippen LogP contribution in [0.5, 0.6) is 5.75 Å². The molecule has 1 aliphatic heterocycles. The third-order valence-corrected chi connectivity index (χ3v) is 4.25. The number of anilines is 1. The van der Waals surface area contributed by atoms with Gasteiger partial charge >= 0.3 is 0 Å². The molecule has 4 nitrogen and oxygen atoms in total. The molecule has 22 heavy (non-hydrogen) atoms. The molecule has 1 saturated heterocycles. The van der Waals surface area contributed by atoms with E-state index in [-0.39, 0.29) is 11.7 Å². The van der Waals surface area contributed by atoms with Crippen LogP contribution in [0.25, 0.3) is 6.08 Å². The number of furan rings is 1. The number of allylic oxidation sites excluding steroid dienone is 2. The summed E-state index contributed by atoms with van der Waals surface area (Å²) in [4.78, 5) is 14.4. The van der Waals surface area contributed by atoms with Crippen LogP contribution >= 0.6 is 24.0 Å². The number of hydrogen-bond acceptors (Lipinski definition) is 5.